The molecular weight excluding hydrogens is 481 g/mol. The smallest absolute Gasteiger partial charge is 0.338 e. The number of aliphatic imine (C=N–C) groups is 1. The Morgan fingerprint density at radius 3 is 2.78 bits per heavy atom. The normalized spacial score (nSPS) is 16.6. The van der Waals surface area contributed by atoms with Gasteiger partial charge in [0.25, 0.3) is 0 Å². The van der Waals surface area contributed by atoms with Crippen LogP contribution in [0.3, 0.4) is 0 Å². The van der Waals surface area contributed by atoms with E-state index in [0.29, 0.717) is 38.2 Å². The molecule has 2 aromatic rings. The van der Waals surface area contributed by atoms with E-state index in [-0.39, 0.29) is 12.4 Å². The quantitative estimate of drug-likeness (QED) is 0.495. The first-order chi connectivity index (χ1) is 13.0. The molecular formula is C19H16Br2FN3O2. The average molecular weight is 497 g/mol. The van der Waals surface area contributed by atoms with Crippen molar-refractivity contribution in [3.63, 3.8) is 0 Å². The number of alkyl halides is 1. The van der Waals surface area contributed by atoms with E-state index < -0.39 is 12.0 Å². The van der Waals surface area contributed by atoms with Gasteiger partial charge in [0.15, 0.2) is 5.84 Å². The Labute approximate surface area is 173 Å². The number of esters is 1. The monoisotopic (exact) mass is 495 g/mol. The van der Waals surface area contributed by atoms with Crippen LogP contribution in [0.25, 0.3) is 0 Å². The number of benzene rings is 1. The fourth-order valence-electron chi connectivity index (χ4n) is 2.73. The van der Waals surface area contributed by atoms with Gasteiger partial charge in [0.1, 0.15) is 17.6 Å². The molecule has 0 radical (unpaired) electrons. The van der Waals surface area contributed by atoms with Gasteiger partial charge in [0.05, 0.1) is 12.2 Å². The van der Waals surface area contributed by atoms with E-state index >= 15 is 0 Å². The van der Waals surface area contributed by atoms with Crippen molar-refractivity contribution in [2.75, 3.05) is 11.9 Å². The summed E-state index contributed by atoms with van der Waals surface area (Å²) in [6.45, 7) is 1.99. The third-order valence-corrected chi connectivity index (χ3v) is 5.17. The number of nitrogens with zero attached hydrogens (tertiary/aromatic N) is 2. The van der Waals surface area contributed by atoms with E-state index in [0.717, 1.165) is 0 Å². The number of ether oxygens (including phenoxy) is 1. The molecule has 1 aromatic heterocycles. The lowest BCUT2D eigenvalue weighted by atomic mass is 9.95. The Morgan fingerprint density at radius 1 is 1.33 bits per heavy atom. The summed E-state index contributed by atoms with van der Waals surface area (Å²) in [5, 5.41) is 3.56. The van der Waals surface area contributed by atoms with Crippen LogP contribution in [0.15, 0.2) is 63.3 Å². The number of aromatic nitrogens is 1. The summed E-state index contributed by atoms with van der Waals surface area (Å²) in [5.41, 5.74) is 2.31. The zero-order chi connectivity index (χ0) is 19.4. The van der Waals surface area contributed by atoms with Crippen LogP contribution in [0.2, 0.25) is 0 Å². The lowest BCUT2D eigenvalue weighted by Crippen LogP contribution is -2.35. The highest BCUT2D eigenvalue weighted by Crippen LogP contribution is 2.36. The van der Waals surface area contributed by atoms with Crippen LogP contribution >= 0.6 is 31.9 Å². The van der Waals surface area contributed by atoms with Gasteiger partial charge in [-0.25, -0.2) is 9.18 Å². The highest BCUT2D eigenvalue weighted by molar-refractivity contribution is 9.10. The van der Waals surface area contributed by atoms with Crippen LogP contribution in [-0.2, 0) is 9.53 Å². The summed E-state index contributed by atoms with van der Waals surface area (Å²) in [6.07, 6.45) is 1.67. The van der Waals surface area contributed by atoms with E-state index in [1.54, 1.807) is 19.2 Å². The number of carbonyl (C=O) groups excluding carboxylic acids is 1. The minimum atomic E-state index is -0.662. The number of carbonyl (C=O) groups is 1. The van der Waals surface area contributed by atoms with Gasteiger partial charge in [-0.1, -0.05) is 44.0 Å². The molecule has 1 aliphatic heterocycles. The molecule has 1 aliphatic rings. The molecule has 0 saturated heterocycles. The fourth-order valence-corrected chi connectivity index (χ4v) is 3.74. The van der Waals surface area contributed by atoms with Crippen LogP contribution in [0.4, 0.5) is 4.39 Å². The first kappa shape index (κ1) is 19.7. The molecule has 1 unspecified atom stereocenters. The number of hydrogen-bond donors (Lipinski definition) is 1. The van der Waals surface area contributed by atoms with Crippen molar-refractivity contribution in [2.45, 2.75) is 13.0 Å². The van der Waals surface area contributed by atoms with Gasteiger partial charge < -0.3 is 10.1 Å². The molecule has 5 nitrogen and oxygen atoms in total. The molecule has 2 heterocycles. The summed E-state index contributed by atoms with van der Waals surface area (Å²) in [4.78, 5) is 21.7. The van der Waals surface area contributed by atoms with E-state index in [9.17, 15) is 9.18 Å². The second-order valence-corrected chi connectivity index (χ2v) is 7.05. The maximum atomic E-state index is 13.6. The molecule has 8 heteroatoms. The minimum Gasteiger partial charge on any atom is -0.463 e. The second-order valence-electron chi connectivity index (χ2n) is 5.63. The maximum Gasteiger partial charge on any atom is 0.338 e. The summed E-state index contributed by atoms with van der Waals surface area (Å²) in [6, 6.07) is 9.13. The molecule has 0 fully saturated rings. The Kier molecular flexibility index (Phi) is 6.38. The molecule has 1 atom stereocenters. The fraction of sp³-hybridized carbons (Fsp3) is 0.211. The van der Waals surface area contributed by atoms with Gasteiger partial charge in [0.2, 0.25) is 0 Å². The van der Waals surface area contributed by atoms with Gasteiger partial charge in [0, 0.05) is 21.7 Å². The highest BCUT2D eigenvalue weighted by atomic mass is 79.9. The first-order valence-electron chi connectivity index (χ1n) is 8.22. The van der Waals surface area contributed by atoms with Crippen molar-refractivity contribution in [3.8, 4) is 0 Å². The summed E-state index contributed by atoms with van der Waals surface area (Å²) in [5.74, 6) is -0.320. The van der Waals surface area contributed by atoms with Crippen LogP contribution in [0, 0.1) is 5.82 Å². The van der Waals surface area contributed by atoms with Crippen LogP contribution in [0.1, 0.15) is 24.2 Å². The second kappa shape index (κ2) is 8.75. The van der Waals surface area contributed by atoms with Crippen LogP contribution in [0.5, 0.6) is 0 Å². The molecule has 0 aliphatic carbocycles. The lowest BCUT2D eigenvalue weighted by molar-refractivity contribution is -0.138. The average Bonchev–Trinajstić information content (AvgIpc) is 2.68. The molecule has 1 aromatic carbocycles. The number of nitrogens with one attached hydrogen (secondary N) is 1. The number of allylic oxidation sites excluding steroid dienone is 1. The largest absolute Gasteiger partial charge is 0.463 e. The van der Waals surface area contributed by atoms with E-state index in [4.69, 9.17) is 9.73 Å². The molecule has 3 rings (SSSR count). The predicted molar refractivity (Wildman–Crippen MR) is 108 cm³/mol. The maximum absolute atomic E-state index is 13.6. The Bertz CT molecular complexity index is 916. The molecule has 27 heavy (non-hydrogen) atoms. The molecule has 0 amide bonds. The number of rotatable bonds is 5. The lowest BCUT2D eigenvalue weighted by Gasteiger charge is -2.27. The van der Waals surface area contributed by atoms with Crippen molar-refractivity contribution in [1.82, 2.24) is 10.3 Å². The summed E-state index contributed by atoms with van der Waals surface area (Å²) in [7, 11) is 0. The van der Waals surface area contributed by atoms with Crippen molar-refractivity contribution >= 4 is 43.7 Å². The molecule has 0 saturated carbocycles. The van der Waals surface area contributed by atoms with Crippen molar-refractivity contribution in [2.24, 2.45) is 4.99 Å². The van der Waals surface area contributed by atoms with E-state index in [1.807, 2.05) is 18.2 Å². The van der Waals surface area contributed by atoms with E-state index in [1.165, 1.54) is 12.1 Å². The SMILES string of the molecule is CCOC(=O)C1=C(CBr)NC(c2ccccn2)=NC1c1ccc(F)cc1Br. The van der Waals surface area contributed by atoms with Crippen LogP contribution in [-0.4, -0.2) is 28.7 Å². The molecule has 1 N–H and O–H groups in total. The Hall–Kier alpha value is -2.06. The number of amidine groups is 1. The van der Waals surface area contributed by atoms with Crippen LogP contribution < -0.4 is 5.32 Å². The summed E-state index contributed by atoms with van der Waals surface area (Å²) >= 11 is 6.81. The molecule has 140 valence electrons. The van der Waals surface area contributed by atoms with Crippen molar-refractivity contribution < 1.29 is 13.9 Å². The summed E-state index contributed by atoms with van der Waals surface area (Å²) < 4.78 is 19.3. The van der Waals surface area contributed by atoms with E-state index in [2.05, 4.69) is 42.2 Å². The molecule has 0 bridgehead atoms. The predicted octanol–water partition coefficient (Wildman–Crippen LogP) is 4.29. The standard InChI is InChI=1S/C19H16Br2FN3O2/c1-2-27-19(26)16-15(10-20)24-18(14-5-3-4-8-23-14)25-17(16)12-7-6-11(22)9-13(12)21/h3-9,17H,2,10H2,1H3,(H,24,25). The van der Waals surface area contributed by atoms with Gasteiger partial charge in [-0.15, -0.1) is 0 Å². The topological polar surface area (TPSA) is 63.6 Å². The van der Waals surface area contributed by atoms with Gasteiger partial charge in [-0.05, 0) is 36.8 Å². The Balaban J connectivity index is 2.16. The zero-order valence-electron chi connectivity index (χ0n) is 14.4. The number of halogens is 3. The number of hydrogen-bond acceptors (Lipinski definition) is 5. The third-order valence-electron chi connectivity index (χ3n) is 3.92. The van der Waals surface area contributed by atoms with Gasteiger partial charge in [-0.3, -0.25) is 9.98 Å². The van der Waals surface area contributed by atoms with Gasteiger partial charge >= 0.3 is 5.97 Å². The zero-order valence-corrected chi connectivity index (χ0v) is 17.5. The Morgan fingerprint density at radius 2 is 2.15 bits per heavy atom. The van der Waals surface area contributed by atoms with Crippen molar-refractivity contribution in [1.29, 1.82) is 0 Å². The third kappa shape index (κ3) is 4.27. The first-order valence-corrected chi connectivity index (χ1v) is 10.1. The van der Waals surface area contributed by atoms with Crippen molar-refractivity contribution in [3.05, 3.63) is 75.4 Å². The minimum absolute atomic E-state index is 0.242. The number of pyridine rings is 1. The highest BCUT2D eigenvalue weighted by Gasteiger charge is 2.33. The molecule has 0 spiro atoms. The van der Waals surface area contributed by atoms with Gasteiger partial charge in [-0.2, -0.15) is 0 Å².